The van der Waals surface area contributed by atoms with Gasteiger partial charge in [-0.3, -0.25) is 0 Å². The first-order valence-corrected chi connectivity index (χ1v) is 25.3. The van der Waals surface area contributed by atoms with Crippen molar-refractivity contribution in [1.82, 2.24) is 29.5 Å². The molecule has 1 fully saturated rings. The zero-order valence-corrected chi connectivity index (χ0v) is 32.9. The molecule has 0 aromatic carbocycles. The number of carbonyl (C=O) groups is 1. The van der Waals surface area contributed by atoms with Gasteiger partial charge in [-0.15, -0.1) is 0 Å². The van der Waals surface area contributed by atoms with Gasteiger partial charge in [-0.1, -0.05) is 51.0 Å². The normalized spacial score (nSPS) is 16.1. The molecule has 260 valence electrons. The number of piperidine rings is 1. The molecule has 1 aliphatic heterocycles. The second kappa shape index (κ2) is 15.8. The highest BCUT2D eigenvalue weighted by molar-refractivity contribution is 7.98. The summed E-state index contributed by atoms with van der Waals surface area (Å²) in [5, 5.41) is 5.54. The van der Waals surface area contributed by atoms with Gasteiger partial charge in [-0.2, -0.15) is 9.61 Å². The molecule has 1 atom stereocenters. The summed E-state index contributed by atoms with van der Waals surface area (Å²) < 4.78 is 20.2. The molecule has 1 aliphatic rings. The third-order valence-electron chi connectivity index (χ3n) is 7.90. The van der Waals surface area contributed by atoms with E-state index in [1.165, 1.54) is 11.8 Å². The Kier molecular flexibility index (Phi) is 12.5. The van der Waals surface area contributed by atoms with Crippen molar-refractivity contribution in [3.8, 4) is 11.1 Å². The van der Waals surface area contributed by atoms with Crippen molar-refractivity contribution in [3.63, 3.8) is 0 Å². The van der Waals surface area contributed by atoms with Gasteiger partial charge in [0.1, 0.15) is 24.9 Å². The Balaban J connectivity index is 1.73. The number of hydrogen-bond acceptors (Lipinski definition) is 10. The number of anilines is 1. The van der Waals surface area contributed by atoms with Crippen LogP contribution in [0.1, 0.15) is 45.2 Å². The van der Waals surface area contributed by atoms with E-state index >= 15 is 0 Å². The molecule has 4 rings (SSSR count). The minimum absolute atomic E-state index is 0.0281. The molecular weight excluding hydrogens is 647 g/mol. The lowest BCUT2D eigenvalue weighted by atomic mass is 9.94. The standard InChI is InChI=1S/C33H55N7O4SSi2/c1-33(2,3)44-32(41)38-13-11-12-25(22-38)28-18-29(39(23-42-14-16-46(5,6)7)24-43-15-17-47(8,9)10)40-30(37-28)27(21-36-40)26-19-34-31(45-4)35-20-26/h18-21,25H,11-17,22-24H2,1-10H3. The molecule has 3 aromatic rings. The van der Waals surface area contributed by atoms with Crippen LogP contribution in [0.5, 0.6) is 0 Å². The summed E-state index contributed by atoms with van der Waals surface area (Å²) >= 11 is 1.50. The smallest absolute Gasteiger partial charge is 0.410 e. The average molecular weight is 702 g/mol. The van der Waals surface area contributed by atoms with Crippen LogP contribution in [0.15, 0.2) is 29.8 Å². The topological polar surface area (TPSA) is 107 Å². The molecule has 1 amide bonds. The molecule has 4 heterocycles. The minimum Gasteiger partial charge on any atom is -0.444 e. The van der Waals surface area contributed by atoms with Gasteiger partial charge in [0.15, 0.2) is 10.8 Å². The second-order valence-electron chi connectivity index (χ2n) is 15.8. The summed E-state index contributed by atoms with van der Waals surface area (Å²) in [5.41, 5.74) is 2.75. The number of aromatic nitrogens is 5. The lowest BCUT2D eigenvalue weighted by Gasteiger charge is -2.34. The van der Waals surface area contributed by atoms with E-state index in [0.717, 1.165) is 47.6 Å². The molecule has 1 saturated heterocycles. The molecule has 47 heavy (non-hydrogen) atoms. The lowest BCUT2D eigenvalue weighted by molar-refractivity contribution is 0.0197. The first kappa shape index (κ1) is 37.3. The van der Waals surface area contributed by atoms with Gasteiger partial charge in [0, 0.05) is 78.0 Å². The molecule has 0 N–H and O–H groups in total. The number of thioether (sulfide) groups is 1. The summed E-state index contributed by atoms with van der Waals surface area (Å²) in [7, 11) is -2.52. The van der Waals surface area contributed by atoms with Crippen LogP contribution in [0.25, 0.3) is 16.8 Å². The van der Waals surface area contributed by atoms with Crippen LogP contribution in [0, 0.1) is 0 Å². The van der Waals surface area contributed by atoms with Crippen LogP contribution < -0.4 is 4.90 Å². The van der Waals surface area contributed by atoms with Crippen LogP contribution in [-0.4, -0.2) is 103 Å². The van der Waals surface area contributed by atoms with Crippen molar-refractivity contribution >= 4 is 45.5 Å². The monoisotopic (exact) mass is 701 g/mol. The summed E-state index contributed by atoms with van der Waals surface area (Å²) in [5.74, 6) is 0.869. The number of nitrogens with zero attached hydrogens (tertiary/aromatic N) is 7. The lowest BCUT2D eigenvalue weighted by Crippen LogP contribution is -2.42. The zero-order chi connectivity index (χ0) is 34.4. The maximum absolute atomic E-state index is 13.1. The van der Waals surface area contributed by atoms with Gasteiger partial charge in [-0.05, 0) is 52.0 Å². The van der Waals surface area contributed by atoms with E-state index in [1.54, 1.807) is 0 Å². The van der Waals surface area contributed by atoms with E-state index in [-0.39, 0.29) is 12.0 Å². The molecule has 0 aliphatic carbocycles. The maximum atomic E-state index is 13.1. The van der Waals surface area contributed by atoms with Crippen molar-refractivity contribution in [2.24, 2.45) is 0 Å². The van der Waals surface area contributed by atoms with E-state index in [0.29, 0.717) is 50.6 Å². The fraction of sp³-hybridized carbons (Fsp3) is 0.667. The molecule has 0 spiro atoms. The molecule has 14 heteroatoms. The van der Waals surface area contributed by atoms with Gasteiger partial charge >= 0.3 is 6.09 Å². The van der Waals surface area contributed by atoms with E-state index in [2.05, 4.69) is 60.2 Å². The van der Waals surface area contributed by atoms with E-state index in [1.807, 2.05) is 55.0 Å². The van der Waals surface area contributed by atoms with Crippen molar-refractivity contribution in [3.05, 3.63) is 30.4 Å². The Hall–Kier alpha value is -2.53. The highest BCUT2D eigenvalue weighted by Gasteiger charge is 2.31. The van der Waals surface area contributed by atoms with E-state index < -0.39 is 21.7 Å². The van der Waals surface area contributed by atoms with Crippen LogP contribution in [0.3, 0.4) is 0 Å². The van der Waals surface area contributed by atoms with Crippen LogP contribution in [0.2, 0.25) is 51.4 Å². The van der Waals surface area contributed by atoms with Gasteiger partial charge < -0.3 is 24.0 Å². The minimum atomic E-state index is -1.26. The van der Waals surface area contributed by atoms with Crippen LogP contribution in [0.4, 0.5) is 10.6 Å². The SMILES string of the molecule is CSc1ncc(-c2cnn3c(N(COCC[Si](C)(C)C)COCC[Si](C)(C)C)cc(C4CCCN(C(=O)OC(C)(C)C)C4)nc23)cn1. The first-order valence-electron chi connectivity index (χ1n) is 16.7. The molecule has 0 radical (unpaired) electrons. The number of rotatable bonds is 14. The molecule has 0 bridgehead atoms. The second-order valence-corrected chi connectivity index (χ2v) is 27.8. The predicted octanol–water partition coefficient (Wildman–Crippen LogP) is 7.45. The summed E-state index contributed by atoms with van der Waals surface area (Å²) in [6.07, 6.45) is 8.94. The van der Waals surface area contributed by atoms with Crippen LogP contribution in [-0.2, 0) is 14.2 Å². The summed E-state index contributed by atoms with van der Waals surface area (Å²) in [4.78, 5) is 31.2. The Labute approximate surface area is 287 Å². The van der Waals surface area contributed by atoms with Crippen LogP contribution >= 0.6 is 11.8 Å². The fourth-order valence-corrected chi connectivity index (χ4v) is 6.98. The summed E-state index contributed by atoms with van der Waals surface area (Å²) in [6, 6.07) is 4.26. The Morgan fingerprint density at radius 1 is 1.00 bits per heavy atom. The molecular formula is C33H55N7O4SSi2. The highest BCUT2D eigenvalue weighted by Crippen LogP contribution is 2.33. The van der Waals surface area contributed by atoms with Gasteiger partial charge in [0.25, 0.3) is 0 Å². The highest BCUT2D eigenvalue weighted by atomic mass is 32.2. The van der Waals surface area contributed by atoms with Gasteiger partial charge in [0.05, 0.1) is 11.9 Å². The molecule has 3 aromatic heterocycles. The van der Waals surface area contributed by atoms with E-state index in [4.69, 9.17) is 24.3 Å². The predicted molar refractivity (Wildman–Crippen MR) is 196 cm³/mol. The Morgan fingerprint density at radius 2 is 1.62 bits per heavy atom. The number of carbonyl (C=O) groups excluding carboxylic acids is 1. The number of hydrogen-bond donors (Lipinski definition) is 0. The number of likely N-dealkylation sites (tertiary alicyclic amines) is 1. The number of fused-ring (bicyclic) bond motifs is 1. The van der Waals surface area contributed by atoms with Crippen molar-refractivity contribution in [2.75, 3.05) is 50.9 Å². The largest absolute Gasteiger partial charge is 0.444 e. The number of amides is 1. The first-order chi connectivity index (χ1) is 22.0. The zero-order valence-electron chi connectivity index (χ0n) is 30.1. The number of ether oxygens (including phenoxy) is 3. The Morgan fingerprint density at radius 3 is 2.17 bits per heavy atom. The quantitative estimate of drug-likeness (QED) is 0.0553. The van der Waals surface area contributed by atoms with Crippen molar-refractivity contribution in [1.29, 1.82) is 0 Å². The van der Waals surface area contributed by atoms with Crippen molar-refractivity contribution in [2.45, 2.75) is 102 Å². The third kappa shape index (κ3) is 11.3. The van der Waals surface area contributed by atoms with Gasteiger partial charge in [0.2, 0.25) is 0 Å². The average Bonchev–Trinajstić information content (AvgIpc) is 3.42. The fourth-order valence-electron chi connectivity index (χ4n) is 5.15. The summed E-state index contributed by atoms with van der Waals surface area (Å²) in [6.45, 7) is 23.2. The molecule has 0 saturated carbocycles. The van der Waals surface area contributed by atoms with E-state index in [9.17, 15) is 4.79 Å². The molecule has 1 unspecified atom stereocenters. The Bertz CT molecular complexity index is 1450. The third-order valence-corrected chi connectivity index (χ3v) is 11.9. The maximum Gasteiger partial charge on any atom is 0.410 e. The van der Waals surface area contributed by atoms with Gasteiger partial charge in [-0.25, -0.2) is 19.7 Å². The molecule has 11 nitrogen and oxygen atoms in total. The van der Waals surface area contributed by atoms with Crippen molar-refractivity contribution < 1.29 is 19.0 Å².